The standard InChI is InChI=1S/C29H25N5O6S/c1-37-23-13-18(14-24(38-2)27(23)39-3)28-32-33-29(34(28)20-9-5-4-6-10-20)41-17-25(35)31-30-15-19-16-40-22-12-8-7-11-21(22)26(19)36/h4-16H,17H2,1-3H3,(H,31,35). The number of aromatic nitrogens is 3. The maximum Gasteiger partial charge on any atom is 0.250 e. The molecule has 12 heteroatoms. The zero-order valence-electron chi connectivity index (χ0n) is 22.4. The zero-order chi connectivity index (χ0) is 28.8. The monoisotopic (exact) mass is 571 g/mol. The van der Waals surface area contributed by atoms with Crippen molar-refractivity contribution in [3.63, 3.8) is 0 Å². The van der Waals surface area contributed by atoms with Crippen molar-refractivity contribution in [2.24, 2.45) is 5.10 Å². The summed E-state index contributed by atoms with van der Waals surface area (Å²) >= 11 is 1.18. The van der Waals surface area contributed by atoms with Crippen LogP contribution < -0.4 is 25.1 Å². The number of fused-ring (bicyclic) bond motifs is 1. The van der Waals surface area contributed by atoms with Crippen LogP contribution in [0.2, 0.25) is 0 Å². The van der Waals surface area contributed by atoms with Gasteiger partial charge in [-0.2, -0.15) is 5.10 Å². The number of carbonyl (C=O) groups is 1. The Bertz CT molecular complexity index is 1760. The van der Waals surface area contributed by atoms with Gasteiger partial charge in [0.25, 0.3) is 5.91 Å². The van der Waals surface area contributed by atoms with Crippen LogP contribution in [0.5, 0.6) is 17.2 Å². The summed E-state index contributed by atoms with van der Waals surface area (Å²) in [7, 11) is 4.61. The second-order valence-corrected chi connectivity index (χ2v) is 9.43. The van der Waals surface area contributed by atoms with Crippen molar-refractivity contribution in [2.75, 3.05) is 27.1 Å². The first-order valence-corrected chi connectivity index (χ1v) is 13.3. The van der Waals surface area contributed by atoms with Gasteiger partial charge in [0.1, 0.15) is 11.8 Å². The summed E-state index contributed by atoms with van der Waals surface area (Å²) in [5, 5.41) is 13.6. The van der Waals surface area contributed by atoms with Gasteiger partial charge in [0, 0.05) is 11.3 Å². The van der Waals surface area contributed by atoms with E-state index >= 15 is 0 Å². The second-order valence-electron chi connectivity index (χ2n) is 8.49. The number of para-hydroxylation sites is 2. The molecule has 0 fully saturated rings. The maximum atomic E-state index is 12.6. The molecule has 0 radical (unpaired) electrons. The van der Waals surface area contributed by atoms with E-state index in [1.54, 1.807) is 36.4 Å². The van der Waals surface area contributed by atoms with E-state index in [9.17, 15) is 9.59 Å². The maximum absolute atomic E-state index is 12.6. The van der Waals surface area contributed by atoms with Gasteiger partial charge >= 0.3 is 0 Å². The third-order valence-corrected chi connectivity index (χ3v) is 6.93. The van der Waals surface area contributed by atoms with Crippen molar-refractivity contribution < 1.29 is 23.4 Å². The largest absolute Gasteiger partial charge is 0.493 e. The van der Waals surface area contributed by atoms with E-state index in [4.69, 9.17) is 18.6 Å². The fraction of sp³-hybridized carbons (Fsp3) is 0.138. The lowest BCUT2D eigenvalue weighted by Gasteiger charge is -2.15. The van der Waals surface area contributed by atoms with E-state index in [2.05, 4.69) is 20.7 Å². The summed E-state index contributed by atoms with van der Waals surface area (Å²) < 4.78 is 23.8. The number of hydrazone groups is 1. The van der Waals surface area contributed by atoms with E-state index in [0.29, 0.717) is 44.8 Å². The number of hydrogen-bond acceptors (Lipinski definition) is 10. The second kappa shape index (κ2) is 12.4. The molecule has 0 aliphatic carbocycles. The van der Waals surface area contributed by atoms with Crippen molar-refractivity contribution in [2.45, 2.75) is 5.16 Å². The Kier molecular flexibility index (Phi) is 8.30. The quantitative estimate of drug-likeness (QED) is 0.148. The highest BCUT2D eigenvalue weighted by Crippen LogP contribution is 2.41. The molecule has 0 saturated carbocycles. The third-order valence-electron chi connectivity index (χ3n) is 6.00. The predicted octanol–water partition coefficient (Wildman–Crippen LogP) is 4.31. The minimum Gasteiger partial charge on any atom is -0.493 e. The molecule has 3 aromatic carbocycles. The molecule has 2 aromatic heterocycles. The Balaban J connectivity index is 1.37. The van der Waals surface area contributed by atoms with E-state index < -0.39 is 5.91 Å². The number of hydrogen-bond donors (Lipinski definition) is 1. The topological polar surface area (TPSA) is 130 Å². The number of benzene rings is 3. The van der Waals surface area contributed by atoms with Crippen LogP contribution >= 0.6 is 11.8 Å². The first kappa shape index (κ1) is 27.5. The number of carbonyl (C=O) groups excluding carboxylic acids is 1. The van der Waals surface area contributed by atoms with E-state index in [1.807, 2.05) is 34.9 Å². The van der Waals surface area contributed by atoms with Crippen molar-refractivity contribution in [3.8, 4) is 34.3 Å². The van der Waals surface area contributed by atoms with Gasteiger partial charge in [-0.15, -0.1) is 10.2 Å². The Morgan fingerprint density at radius 1 is 1.00 bits per heavy atom. The highest BCUT2D eigenvalue weighted by atomic mass is 32.2. The number of nitrogens with one attached hydrogen (secondary N) is 1. The van der Waals surface area contributed by atoms with Gasteiger partial charge in [-0.25, -0.2) is 5.43 Å². The molecule has 2 heterocycles. The molecular formula is C29H25N5O6S. The number of thioether (sulfide) groups is 1. The Morgan fingerprint density at radius 3 is 2.41 bits per heavy atom. The Morgan fingerprint density at radius 2 is 1.71 bits per heavy atom. The number of ether oxygens (including phenoxy) is 3. The summed E-state index contributed by atoms with van der Waals surface area (Å²) in [4.78, 5) is 25.2. The van der Waals surface area contributed by atoms with E-state index in [0.717, 1.165) is 5.69 Å². The Hall–Kier alpha value is -5.10. The van der Waals surface area contributed by atoms with Crippen molar-refractivity contribution >= 4 is 34.9 Å². The minimum absolute atomic E-state index is 0.0100. The summed E-state index contributed by atoms with van der Waals surface area (Å²) in [6, 6.07) is 20.0. The fourth-order valence-corrected chi connectivity index (χ4v) is 4.83. The zero-order valence-corrected chi connectivity index (χ0v) is 23.2. The summed E-state index contributed by atoms with van der Waals surface area (Å²) in [6.07, 6.45) is 2.57. The van der Waals surface area contributed by atoms with Gasteiger partial charge < -0.3 is 18.6 Å². The van der Waals surface area contributed by atoms with Gasteiger partial charge in [-0.05, 0) is 36.4 Å². The molecule has 41 heavy (non-hydrogen) atoms. The normalized spacial score (nSPS) is 11.1. The highest BCUT2D eigenvalue weighted by Gasteiger charge is 2.21. The van der Waals surface area contributed by atoms with Crippen LogP contribution in [0.25, 0.3) is 28.0 Å². The lowest BCUT2D eigenvalue weighted by atomic mass is 10.1. The first-order valence-electron chi connectivity index (χ1n) is 12.3. The van der Waals surface area contributed by atoms with Crippen LogP contribution in [0.3, 0.4) is 0 Å². The van der Waals surface area contributed by atoms with Crippen LogP contribution in [0, 0.1) is 0 Å². The average Bonchev–Trinajstić information content (AvgIpc) is 3.45. The summed E-state index contributed by atoms with van der Waals surface area (Å²) in [5.41, 5.74) is 4.36. The number of nitrogens with zero attached hydrogens (tertiary/aromatic N) is 4. The number of amides is 1. The van der Waals surface area contributed by atoms with Crippen LogP contribution in [-0.2, 0) is 4.79 Å². The van der Waals surface area contributed by atoms with Crippen LogP contribution in [-0.4, -0.2) is 54.0 Å². The average molecular weight is 572 g/mol. The molecule has 0 bridgehead atoms. The van der Waals surface area contributed by atoms with E-state index in [1.165, 1.54) is 45.6 Å². The molecule has 1 amide bonds. The molecule has 208 valence electrons. The van der Waals surface area contributed by atoms with Crippen molar-refractivity contribution in [1.29, 1.82) is 0 Å². The molecule has 5 aromatic rings. The van der Waals surface area contributed by atoms with Gasteiger partial charge in [-0.3, -0.25) is 14.2 Å². The van der Waals surface area contributed by atoms with Gasteiger partial charge in [-0.1, -0.05) is 42.1 Å². The molecular weight excluding hydrogens is 546 g/mol. The van der Waals surface area contributed by atoms with E-state index in [-0.39, 0.29) is 16.7 Å². The van der Waals surface area contributed by atoms with Gasteiger partial charge in [0.2, 0.25) is 11.2 Å². The van der Waals surface area contributed by atoms with Crippen molar-refractivity contribution in [1.82, 2.24) is 20.2 Å². The molecule has 0 saturated heterocycles. The summed E-state index contributed by atoms with van der Waals surface area (Å²) in [5.74, 6) is 1.50. The lowest BCUT2D eigenvalue weighted by Crippen LogP contribution is -2.20. The molecule has 1 N–H and O–H groups in total. The smallest absolute Gasteiger partial charge is 0.250 e. The molecule has 0 unspecified atom stereocenters. The van der Waals surface area contributed by atoms with Crippen LogP contribution in [0.4, 0.5) is 0 Å². The Labute approximate surface area is 238 Å². The first-order chi connectivity index (χ1) is 20.0. The summed E-state index contributed by atoms with van der Waals surface area (Å²) in [6.45, 7) is 0. The van der Waals surface area contributed by atoms with Gasteiger partial charge in [0.15, 0.2) is 22.5 Å². The predicted molar refractivity (Wildman–Crippen MR) is 155 cm³/mol. The fourth-order valence-electron chi connectivity index (χ4n) is 4.09. The number of methoxy groups -OCH3 is 3. The third kappa shape index (κ3) is 5.77. The van der Waals surface area contributed by atoms with Crippen LogP contribution in [0.15, 0.2) is 92.5 Å². The lowest BCUT2D eigenvalue weighted by molar-refractivity contribution is -0.118. The minimum atomic E-state index is -0.395. The highest BCUT2D eigenvalue weighted by molar-refractivity contribution is 7.99. The van der Waals surface area contributed by atoms with Crippen LogP contribution in [0.1, 0.15) is 5.56 Å². The molecule has 0 atom stereocenters. The molecule has 11 nitrogen and oxygen atoms in total. The SMILES string of the molecule is COc1cc(-c2nnc(SCC(=O)NN=Cc3coc4ccccc4c3=O)n2-c2ccccc2)cc(OC)c1OC. The molecule has 0 spiro atoms. The molecule has 0 aliphatic heterocycles. The van der Waals surface area contributed by atoms with Crippen molar-refractivity contribution in [3.05, 3.63) is 88.8 Å². The number of rotatable bonds is 10. The molecule has 0 aliphatic rings. The molecule has 5 rings (SSSR count). The van der Waals surface area contributed by atoms with Gasteiger partial charge in [0.05, 0.1) is 44.2 Å².